The van der Waals surface area contributed by atoms with Crippen LogP contribution in [0.15, 0.2) is 0 Å². The molecule has 0 unspecified atom stereocenters. The van der Waals surface area contributed by atoms with Gasteiger partial charge in [-0.1, -0.05) is 13.3 Å². The molecule has 0 saturated carbocycles. The minimum absolute atomic E-state index is 0.368. The van der Waals surface area contributed by atoms with Gasteiger partial charge in [0.2, 0.25) is 0 Å². The van der Waals surface area contributed by atoms with Crippen LogP contribution in [0.5, 0.6) is 0 Å². The minimum atomic E-state index is -0.368. The Morgan fingerprint density at radius 3 is 2.30 bits per heavy atom. The van der Waals surface area contributed by atoms with Gasteiger partial charge in [-0.3, -0.25) is 0 Å². The third-order valence-electron chi connectivity index (χ3n) is 2.70. The van der Waals surface area contributed by atoms with E-state index in [1.54, 1.807) is 0 Å². The van der Waals surface area contributed by atoms with Crippen LogP contribution in [0.2, 0.25) is 0 Å². The van der Waals surface area contributed by atoms with E-state index in [0.29, 0.717) is 59.5 Å². The Kier molecular flexibility index (Phi) is 12.2. The van der Waals surface area contributed by atoms with Gasteiger partial charge in [0.25, 0.3) is 0 Å². The van der Waals surface area contributed by atoms with Gasteiger partial charge in [0.15, 0.2) is 6.29 Å². The van der Waals surface area contributed by atoms with Crippen LogP contribution in [0, 0.1) is 0 Å². The molecule has 1 saturated heterocycles. The van der Waals surface area contributed by atoms with Gasteiger partial charge >= 0.3 is 0 Å². The largest absolute Gasteiger partial charge is 0.379 e. The van der Waals surface area contributed by atoms with E-state index >= 15 is 0 Å². The van der Waals surface area contributed by atoms with Crippen LogP contribution in [0.1, 0.15) is 19.8 Å². The fraction of sp³-hybridized carbons (Fsp3) is 1.00. The SMILES string of the molecule is CCCCOCCO[C@H]1COCCOCCOCCO1. The van der Waals surface area contributed by atoms with E-state index in [2.05, 4.69) is 6.92 Å². The zero-order valence-corrected chi connectivity index (χ0v) is 12.5. The second-order valence-electron chi connectivity index (χ2n) is 4.44. The fourth-order valence-corrected chi connectivity index (χ4v) is 1.59. The molecule has 120 valence electrons. The number of rotatable bonds is 7. The van der Waals surface area contributed by atoms with Gasteiger partial charge in [-0.15, -0.1) is 0 Å². The second-order valence-corrected chi connectivity index (χ2v) is 4.44. The van der Waals surface area contributed by atoms with Crippen molar-refractivity contribution in [2.75, 3.05) is 66.1 Å². The molecule has 0 bridgehead atoms. The van der Waals surface area contributed by atoms with E-state index in [-0.39, 0.29) is 6.29 Å². The topological polar surface area (TPSA) is 55.4 Å². The Balaban J connectivity index is 2.08. The molecular formula is C14H28O6. The van der Waals surface area contributed by atoms with Gasteiger partial charge in [-0.05, 0) is 6.42 Å². The van der Waals surface area contributed by atoms with Gasteiger partial charge in [0.1, 0.15) is 0 Å². The highest BCUT2D eigenvalue weighted by atomic mass is 16.7. The monoisotopic (exact) mass is 292 g/mol. The van der Waals surface area contributed by atoms with Crippen molar-refractivity contribution in [2.24, 2.45) is 0 Å². The number of unbranched alkanes of at least 4 members (excludes halogenated alkanes) is 1. The van der Waals surface area contributed by atoms with Crippen molar-refractivity contribution in [2.45, 2.75) is 26.1 Å². The summed E-state index contributed by atoms with van der Waals surface area (Å²) in [7, 11) is 0. The summed E-state index contributed by atoms with van der Waals surface area (Å²) in [6.45, 7) is 7.73. The molecule has 0 radical (unpaired) electrons. The first-order valence-electron chi connectivity index (χ1n) is 7.47. The molecule has 6 nitrogen and oxygen atoms in total. The summed E-state index contributed by atoms with van der Waals surface area (Å²) in [5, 5.41) is 0. The van der Waals surface area contributed by atoms with E-state index in [4.69, 9.17) is 28.4 Å². The van der Waals surface area contributed by atoms with Crippen molar-refractivity contribution in [3.05, 3.63) is 0 Å². The Bertz CT molecular complexity index is 190. The van der Waals surface area contributed by atoms with Crippen LogP contribution in [0.3, 0.4) is 0 Å². The third kappa shape index (κ3) is 10.5. The quantitative estimate of drug-likeness (QED) is 0.658. The van der Waals surface area contributed by atoms with Gasteiger partial charge in [-0.2, -0.15) is 0 Å². The summed E-state index contributed by atoms with van der Waals surface area (Å²) in [4.78, 5) is 0. The maximum Gasteiger partial charge on any atom is 0.181 e. The Morgan fingerprint density at radius 2 is 1.55 bits per heavy atom. The van der Waals surface area contributed by atoms with Crippen molar-refractivity contribution in [1.82, 2.24) is 0 Å². The highest BCUT2D eigenvalue weighted by Gasteiger charge is 2.10. The van der Waals surface area contributed by atoms with Crippen molar-refractivity contribution < 1.29 is 28.4 Å². The first-order chi connectivity index (χ1) is 9.93. The average molecular weight is 292 g/mol. The molecule has 0 aromatic heterocycles. The molecule has 0 amide bonds. The molecule has 1 aliphatic heterocycles. The van der Waals surface area contributed by atoms with Crippen molar-refractivity contribution >= 4 is 0 Å². The number of ether oxygens (including phenoxy) is 6. The van der Waals surface area contributed by atoms with Crippen LogP contribution in [0.25, 0.3) is 0 Å². The van der Waals surface area contributed by atoms with Gasteiger partial charge in [0.05, 0.1) is 59.5 Å². The molecule has 1 heterocycles. The lowest BCUT2D eigenvalue weighted by atomic mass is 10.4. The van der Waals surface area contributed by atoms with Crippen LogP contribution in [-0.4, -0.2) is 72.4 Å². The summed E-state index contributed by atoms with van der Waals surface area (Å²) in [5.74, 6) is 0. The predicted molar refractivity (Wildman–Crippen MR) is 73.9 cm³/mol. The fourth-order valence-electron chi connectivity index (χ4n) is 1.59. The molecular weight excluding hydrogens is 264 g/mol. The molecule has 20 heavy (non-hydrogen) atoms. The Hall–Kier alpha value is -0.240. The molecule has 1 rings (SSSR count). The molecule has 0 aromatic rings. The minimum Gasteiger partial charge on any atom is -0.379 e. The van der Waals surface area contributed by atoms with Crippen LogP contribution >= 0.6 is 0 Å². The zero-order chi connectivity index (χ0) is 14.3. The normalized spacial score (nSPS) is 22.9. The van der Waals surface area contributed by atoms with Gasteiger partial charge in [-0.25, -0.2) is 0 Å². The van der Waals surface area contributed by atoms with Crippen molar-refractivity contribution in [1.29, 1.82) is 0 Å². The molecule has 0 aliphatic carbocycles. The summed E-state index contributed by atoms with van der Waals surface area (Å²) < 4.78 is 32.7. The molecule has 1 atom stereocenters. The van der Waals surface area contributed by atoms with E-state index in [0.717, 1.165) is 19.4 Å². The van der Waals surface area contributed by atoms with Crippen LogP contribution < -0.4 is 0 Å². The Labute approximate surface area is 121 Å². The summed E-state index contributed by atoms with van der Waals surface area (Å²) in [6, 6.07) is 0. The van der Waals surface area contributed by atoms with E-state index in [1.807, 2.05) is 0 Å². The number of hydrogen-bond donors (Lipinski definition) is 0. The van der Waals surface area contributed by atoms with E-state index in [1.165, 1.54) is 0 Å². The first kappa shape index (κ1) is 17.8. The predicted octanol–water partition coefficient (Wildman–Crippen LogP) is 1.23. The van der Waals surface area contributed by atoms with E-state index < -0.39 is 0 Å². The molecule has 1 fully saturated rings. The van der Waals surface area contributed by atoms with Crippen LogP contribution in [-0.2, 0) is 28.4 Å². The third-order valence-corrected chi connectivity index (χ3v) is 2.70. The maximum absolute atomic E-state index is 5.60. The maximum atomic E-state index is 5.60. The lowest BCUT2D eigenvalue weighted by molar-refractivity contribution is -0.188. The Morgan fingerprint density at radius 1 is 0.850 bits per heavy atom. The summed E-state index contributed by atoms with van der Waals surface area (Å²) >= 11 is 0. The van der Waals surface area contributed by atoms with Gasteiger partial charge in [0, 0.05) is 6.61 Å². The van der Waals surface area contributed by atoms with Gasteiger partial charge < -0.3 is 28.4 Å². The molecule has 0 N–H and O–H groups in total. The highest BCUT2D eigenvalue weighted by molar-refractivity contribution is 4.46. The molecule has 6 heteroatoms. The lowest BCUT2D eigenvalue weighted by Gasteiger charge is -2.19. The summed E-state index contributed by atoms with van der Waals surface area (Å²) in [5.41, 5.74) is 0. The van der Waals surface area contributed by atoms with Crippen molar-refractivity contribution in [3.8, 4) is 0 Å². The average Bonchev–Trinajstić information content (AvgIpc) is 2.45. The van der Waals surface area contributed by atoms with E-state index in [9.17, 15) is 0 Å². The number of hydrogen-bond acceptors (Lipinski definition) is 6. The lowest BCUT2D eigenvalue weighted by Crippen LogP contribution is -2.28. The summed E-state index contributed by atoms with van der Waals surface area (Å²) in [6.07, 6.45) is 1.86. The standard InChI is InChI=1S/C14H28O6/c1-2-3-4-15-9-11-19-14-13-18-8-7-16-5-6-17-10-12-20-14/h14H,2-13H2,1H3/t14-/m1/s1. The van der Waals surface area contributed by atoms with Crippen molar-refractivity contribution in [3.63, 3.8) is 0 Å². The van der Waals surface area contributed by atoms with Crippen LogP contribution in [0.4, 0.5) is 0 Å². The zero-order valence-electron chi connectivity index (χ0n) is 12.5. The smallest absolute Gasteiger partial charge is 0.181 e. The molecule has 0 aromatic carbocycles. The highest BCUT2D eigenvalue weighted by Crippen LogP contribution is 1.99. The first-order valence-corrected chi connectivity index (χ1v) is 7.47. The molecule has 1 aliphatic rings. The molecule has 0 spiro atoms. The second kappa shape index (κ2) is 13.7.